The van der Waals surface area contributed by atoms with E-state index >= 15 is 0 Å². The average molecular weight is 224 g/mol. The minimum absolute atomic E-state index is 0. The van der Waals surface area contributed by atoms with Gasteiger partial charge in [0.2, 0.25) is 0 Å². The second-order valence-corrected chi connectivity index (χ2v) is 1.92. The quantitative estimate of drug-likeness (QED) is 0.528. The molecule has 1 aromatic rings. The number of Topliss-reactive ketones (excluding diaryl/α,β-unsaturated/α-hetero) is 1. The summed E-state index contributed by atoms with van der Waals surface area (Å²) in [6, 6.07) is 9.23. The standard InChI is InChI=1S/C8H8O.CH3.Y/c1-7(9)8-5-3-2-4-6-8;;/h2-6H,1H3;1H3;/q;-1;. The molecular weight excluding hydrogens is 213 g/mol. The van der Waals surface area contributed by atoms with Crippen LogP contribution in [0.25, 0.3) is 0 Å². The van der Waals surface area contributed by atoms with Crippen LogP contribution in [0.1, 0.15) is 17.3 Å². The van der Waals surface area contributed by atoms with Gasteiger partial charge in [-0.2, -0.15) is 0 Å². The van der Waals surface area contributed by atoms with Crippen LogP contribution >= 0.6 is 0 Å². The second kappa shape index (κ2) is 6.69. The molecule has 0 atom stereocenters. The fourth-order valence-electron chi connectivity index (χ4n) is 0.673. The minimum Gasteiger partial charge on any atom is -0.358 e. The van der Waals surface area contributed by atoms with Gasteiger partial charge in [0, 0.05) is 38.3 Å². The molecule has 0 spiro atoms. The van der Waals surface area contributed by atoms with Crippen LogP contribution in [0.2, 0.25) is 0 Å². The van der Waals surface area contributed by atoms with Gasteiger partial charge in [0.15, 0.2) is 5.78 Å². The smallest absolute Gasteiger partial charge is 0.159 e. The summed E-state index contributed by atoms with van der Waals surface area (Å²) < 4.78 is 0. The van der Waals surface area contributed by atoms with Crippen molar-refractivity contribution in [1.82, 2.24) is 0 Å². The first-order chi connectivity index (χ1) is 4.30. The van der Waals surface area contributed by atoms with Crippen LogP contribution in [0.4, 0.5) is 0 Å². The van der Waals surface area contributed by atoms with Crippen molar-refractivity contribution in [2.45, 2.75) is 6.92 Å². The molecule has 11 heavy (non-hydrogen) atoms. The maximum absolute atomic E-state index is 10.6. The van der Waals surface area contributed by atoms with Crippen molar-refractivity contribution in [2.75, 3.05) is 0 Å². The van der Waals surface area contributed by atoms with Gasteiger partial charge in [-0.25, -0.2) is 0 Å². The third kappa shape index (κ3) is 4.44. The number of hydrogen-bond acceptors (Lipinski definition) is 1. The maximum atomic E-state index is 10.6. The average Bonchev–Trinajstić information content (AvgIpc) is 1.90. The van der Waals surface area contributed by atoms with Crippen LogP contribution in [0.5, 0.6) is 0 Å². The van der Waals surface area contributed by atoms with Crippen molar-refractivity contribution in [2.24, 2.45) is 0 Å². The second-order valence-electron chi connectivity index (χ2n) is 1.92. The molecule has 0 saturated heterocycles. The van der Waals surface area contributed by atoms with Gasteiger partial charge in [0.05, 0.1) is 0 Å². The number of carbonyl (C=O) groups is 1. The van der Waals surface area contributed by atoms with Gasteiger partial charge in [0.1, 0.15) is 0 Å². The first-order valence-corrected chi connectivity index (χ1v) is 2.86. The van der Waals surface area contributed by atoms with E-state index in [1.54, 1.807) is 6.92 Å². The summed E-state index contributed by atoms with van der Waals surface area (Å²) in [5, 5.41) is 0. The fraction of sp³-hybridized carbons (Fsp3) is 0.111. The third-order valence-electron chi connectivity index (χ3n) is 1.18. The van der Waals surface area contributed by atoms with Crippen LogP contribution in [-0.2, 0) is 32.7 Å². The van der Waals surface area contributed by atoms with E-state index in [2.05, 4.69) is 0 Å². The predicted molar refractivity (Wildman–Crippen MR) is 42.9 cm³/mol. The van der Waals surface area contributed by atoms with Gasteiger partial charge in [-0.05, 0) is 6.92 Å². The van der Waals surface area contributed by atoms with Crippen LogP contribution in [0, 0.1) is 7.43 Å². The summed E-state index contributed by atoms with van der Waals surface area (Å²) in [7, 11) is 0. The molecule has 0 amide bonds. The van der Waals surface area contributed by atoms with Gasteiger partial charge in [-0.15, -0.1) is 0 Å². The summed E-state index contributed by atoms with van der Waals surface area (Å²) in [6.07, 6.45) is 0. The molecule has 0 unspecified atom stereocenters. The van der Waals surface area contributed by atoms with Gasteiger partial charge in [-0.1, -0.05) is 30.3 Å². The number of ketones is 1. The summed E-state index contributed by atoms with van der Waals surface area (Å²) in [5.41, 5.74) is 0.775. The molecule has 1 nitrogen and oxygen atoms in total. The number of rotatable bonds is 1. The van der Waals surface area contributed by atoms with Gasteiger partial charge in [-0.3, -0.25) is 4.79 Å². The van der Waals surface area contributed by atoms with Gasteiger partial charge < -0.3 is 7.43 Å². The molecule has 1 aromatic carbocycles. The normalized spacial score (nSPS) is 7.36. The third-order valence-corrected chi connectivity index (χ3v) is 1.18. The summed E-state index contributed by atoms with van der Waals surface area (Å²) in [5.74, 6) is 0.121. The topological polar surface area (TPSA) is 17.1 Å². The van der Waals surface area contributed by atoms with E-state index in [0.717, 1.165) is 5.56 Å². The molecular formula is C9H11OY-. The first kappa shape index (κ1) is 13.6. The Bertz CT molecular complexity index is 206. The largest absolute Gasteiger partial charge is 0.358 e. The van der Waals surface area contributed by atoms with Crippen molar-refractivity contribution in [3.8, 4) is 0 Å². The summed E-state index contributed by atoms with van der Waals surface area (Å²) in [6.45, 7) is 1.56. The SMILES string of the molecule is CC(=O)c1ccccc1.[CH3-].[Y]. The van der Waals surface area contributed by atoms with Crippen molar-refractivity contribution >= 4 is 5.78 Å². The number of benzene rings is 1. The van der Waals surface area contributed by atoms with E-state index in [1.165, 1.54) is 0 Å². The first-order valence-electron chi connectivity index (χ1n) is 2.86. The van der Waals surface area contributed by atoms with E-state index in [-0.39, 0.29) is 45.9 Å². The van der Waals surface area contributed by atoms with Gasteiger partial charge >= 0.3 is 0 Å². The Morgan fingerprint density at radius 1 is 1.18 bits per heavy atom. The summed E-state index contributed by atoms with van der Waals surface area (Å²) in [4.78, 5) is 10.6. The minimum atomic E-state index is 0. The molecule has 0 fully saturated rings. The van der Waals surface area contributed by atoms with E-state index < -0.39 is 0 Å². The Hall–Kier alpha value is -0.00610. The zero-order chi connectivity index (χ0) is 6.69. The summed E-state index contributed by atoms with van der Waals surface area (Å²) >= 11 is 0. The number of hydrogen-bond donors (Lipinski definition) is 0. The molecule has 2 heteroatoms. The Kier molecular flexibility index (Phi) is 8.25. The van der Waals surface area contributed by atoms with Crippen molar-refractivity contribution in [3.63, 3.8) is 0 Å². The molecule has 0 aromatic heterocycles. The molecule has 0 aliphatic rings. The van der Waals surface area contributed by atoms with E-state index in [1.807, 2.05) is 30.3 Å². The van der Waals surface area contributed by atoms with Crippen LogP contribution in [0.3, 0.4) is 0 Å². The zero-order valence-electron chi connectivity index (χ0n) is 6.87. The molecule has 1 radical (unpaired) electrons. The van der Waals surface area contributed by atoms with E-state index in [9.17, 15) is 4.79 Å². The fourth-order valence-corrected chi connectivity index (χ4v) is 0.673. The van der Waals surface area contributed by atoms with Crippen LogP contribution in [-0.4, -0.2) is 5.78 Å². The Morgan fingerprint density at radius 3 is 1.91 bits per heavy atom. The van der Waals surface area contributed by atoms with Crippen molar-refractivity contribution in [1.29, 1.82) is 0 Å². The monoisotopic (exact) mass is 224 g/mol. The van der Waals surface area contributed by atoms with E-state index in [0.29, 0.717) is 0 Å². The molecule has 0 heterocycles. The molecule has 0 bridgehead atoms. The molecule has 57 valence electrons. The zero-order valence-corrected chi connectivity index (χ0v) is 9.71. The van der Waals surface area contributed by atoms with Crippen molar-refractivity contribution < 1.29 is 37.5 Å². The van der Waals surface area contributed by atoms with Gasteiger partial charge in [0.25, 0.3) is 0 Å². The molecule has 0 N–H and O–H groups in total. The number of carbonyl (C=O) groups excluding carboxylic acids is 1. The molecule has 0 saturated carbocycles. The maximum Gasteiger partial charge on any atom is 0.159 e. The molecule has 0 aliphatic carbocycles. The van der Waals surface area contributed by atoms with E-state index in [4.69, 9.17) is 0 Å². The Morgan fingerprint density at radius 2 is 1.64 bits per heavy atom. The molecule has 1 rings (SSSR count). The predicted octanol–water partition coefficient (Wildman–Crippen LogP) is 2.34. The Labute approximate surface area is 93.1 Å². The van der Waals surface area contributed by atoms with Crippen LogP contribution in [0.15, 0.2) is 30.3 Å². The molecule has 0 aliphatic heterocycles. The van der Waals surface area contributed by atoms with Crippen molar-refractivity contribution in [3.05, 3.63) is 43.3 Å². The van der Waals surface area contributed by atoms with Crippen LogP contribution < -0.4 is 0 Å². The Balaban J connectivity index is 0.